The minimum absolute atomic E-state index is 0.0540. The van der Waals surface area contributed by atoms with Crippen LogP contribution >= 0.6 is 0 Å². The van der Waals surface area contributed by atoms with Crippen LogP contribution in [0.25, 0.3) is 0 Å². The number of rotatable bonds is 6. The number of amides is 1. The Morgan fingerprint density at radius 2 is 1.72 bits per heavy atom. The first kappa shape index (κ1) is 18.5. The zero-order chi connectivity index (χ0) is 18.4. The van der Waals surface area contributed by atoms with E-state index in [4.69, 9.17) is 4.74 Å². The molecule has 0 unspecified atom stereocenters. The fraction of sp³-hybridized carbons (Fsp3) is 0.167. The lowest BCUT2D eigenvalue weighted by Crippen LogP contribution is -2.14. The largest absolute Gasteiger partial charge is 0.497 e. The standard InChI is InChI=1S/C18H20N2O4S/c1-13(2)11-18(21)19-15-5-4-6-17(12-15)25(22,23)20-14-7-9-16(24-3)10-8-14/h4-12,20H,1-3H3,(H,19,21). The van der Waals surface area contributed by atoms with E-state index in [1.54, 1.807) is 50.2 Å². The van der Waals surface area contributed by atoms with E-state index in [1.807, 2.05) is 0 Å². The van der Waals surface area contributed by atoms with E-state index < -0.39 is 10.0 Å². The average Bonchev–Trinajstić information content (AvgIpc) is 2.54. The molecule has 0 aliphatic heterocycles. The highest BCUT2D eigenvalue weighted by Gasteiger charge is 2.15. The van der Waals surface area contributed by atoms with Crippen LogP contribution in [0.4, 0.5) is 11.4 Å². The van der Waals surface area contributed by atoms with Gasteiger partial charge in [-0.05, 0) is 56.3 Å². The summed E-state index contributed by atoms with van der Waals surface area (Å²) in [6.45, 7) is 3.61. The second-order valence-electron chi connectivity index (χ2n) is 5.57. The molecular weight excluding hydrogens is 340 g/mol. The van der Waals surface area contributed by atoms with Crippen molar-refractivity contribution < 1.29 is 17.9 Å². The van der Waals surface area contributed by atoms with Gasteiger partial charge in [-0.2, -0.15) is 0 Å². The number of nitrogens with one attached hydrogen (secondary N) is 2. The van der Waals surface area contributed by atoms with Crippen LogP contribution < -0.4 is 14.8 Å². The van der Waals surface area contributed by atoms with E-state index in [9.17, 15) is 13.2 Å². The summed E-state index contributed by atoms with van der Waals surface area (Å²) in [4.78, 5) is 11.8. The average molecular weight is 360 g/mol. The maximum Gasteiger partial charge on any atom is 0.261 e. The van der Waals surface area contributed by atoms with Crippen molar-refractivity contribution in [3.63, 3.8) is 0 Å². The molecule has 0 saturated heterocycles. The maximum absolute atomic E-state index is 12.5. The molecule has 0 aliphatic rings. The molecular formula is C18H20N2O4S. The van der Waals surface area contributed by atoms with Gasteiger partial charge in [-0.3, -0.25) is 9.52 Å². The van der Waals surface area contributed by atoms with Crippen LogP contribution in [-0.4, -0.2) is 21.4 Å². The quantitative estimate of drug-likeness (QED) is 0.773. The number of hydrogen-bond acceptors (Lipinski definition) is 4. The summed E-state index contributed by atoms with van der Waals surface area (Å²) in [6.07, 6.45) is 1.44. The van der Waals surface area contributed by atoms with Gasteiger partial charge in [0.25, 0.3) is 10.0 Å². The lowest BCUT2D eigenvalue weighted by atomic mass is 10.3. The third-order valence-electron chi connectivity index (χ3n) is 3.17. The summed E-state index contributed by atoms with van der Waals surface area (Å²) >= 11 is 0. The van der Waals surface area contributed by atoms with Crippen LogP contribution in [0.3, 0.4) is 0 Å². The van der Waals surface area contributed by atoms with E-state index in [0.29, 0.717) is 17.1 Å². The van der Waals surface area contributed by atoms with Crippen LogP contribution in [0, 0.1) is 0 Å². The van der Waals surface area contributed by atoms with Gasteiger partial charge in [0.05, 0.1) is 12.0 Å². The van der Waals surface area contributed by atoms with Gasteiger partial charge < -0.3 is 10.1 Å². The highest BCUT2D eigenvalue weighted by molar-refractivity contribution is 7.92. The SMILES string of the molecule is COc1ccc(NS(=O)(=O)c2cccc(NC(=O)C=C(C)C)c2)cc1. The molecule has 6 nitrogen and oxygen atoms in total. The molecule has 0 aliphatic carbocycles. The summed E-state index contributed by atoms with van der Waals surface area (Å²) < 4.78 is 32.5. The van der Waals surface area contributed by atoms with Gasteiger partial charge in [0, 0.05) is 17.5 Å². The Kier molecular flexibility index (Phi) is 5.82. The second kappa shape index (κ2) is 7.85. The molecule has 2 N–H and O–H groups in total. The fourth-order valence-corrected chi connectivity index (χ4v) is 3.16. The second-order valence-corrected chi connectivity index (χ2v) is 7.26. The zero-order valence-electron chi connectivity index (χ0n) is 14.2. The van der Waals surface area contributed by atoms with Crippen molar-refractivity contribution in [2.75, 3.05) is 17.1 Å². The fourth-order valence-electron chi connectivity index (χ4n) is 2.05. The zero-order valence-corrected chi connectivity index (χ0v) is 15.1. The molecule has 0 atom stereocenters. The predicted octanol–water partition coefficient (Wildman–Crippen LogP) is 3.40. The monoisotopic (exact) mass is 360 g/mol. The van der Waals surface area contributed by atoms with Crippen LogP contribution in [0.1, 0.15) is 13.8 Å². The summed E-state index contributed by atoms with van der Waals surface area (Å²) in [6, 6.07) is 12.6. The number of sulfonamides is 1. The van der Waals surface area contributed by atoms with Crippen molar-refractivity contribution in [1.29, 1.82) is 0 Å². The molecule has 0 radical (unpaired) electrons. The highest BCUT2D eigenvalue weighted by atomic mass is 32.2. The minimum atomic E-state index is -3.77. The van der Waals surface area contributed by atoms with Crippen molar-refractivity contribution in [3.8, 4) is 5.75 Å². The normalized spacial score (nSPS) is 10.7. The molecule has 0 saturated carbocycles. The van der Waals surface area contributed by atoms with E-state index >= 15 is 0 Å². The molecule has 0 aromatic heterocycles. The van der Waals surface area contributed by atoms with Crippen molar-refractivity contribution in [1.82, 2.24) is 0 Å². The van der Waals surface area contributed by atoms with Gasteiger partial charge in [-0.25, -0.2) is 8.42 Å². The van der Waals surface area contributed by atoms with Crippen LogP contribution in [0.5, 0.6) is 5.75 Å². The van der Waals surface area contributed by atoms with E-state index in [0.717, 1.165) is 5.57 Å². The van der Waals surface area contributed by atoms with Crippen LogP contribution in [0.2, 0.25) is 0 Å². The third kappa shape index (κ3) is 5.36. The summed E-state index contributed by atoms with van der Waals surface area (Å²) in [7, 11) is -2.24. The van der Waals surface area contributed by atoms with Gasteiger partial charge in [-0.15, -0.1) is 0 Å². The third-order valence-corrected chi connectivity index (χ3v) is 4.55. The Bertz CT molecular complexity index is 884. The van der Waals surface area contributed by atoms with E-state index in [-0.39, 0.29) is 10.8 Å². The molecule has 1 amide bonds. The topological polar surface area (TPSA) is 84.5 Å². The summed E-state index contributed by atoms with van der Waals surface area (Å²) in [5.41, 5.74) is 1.67. The van der Waals surface area contributed by atoms with Crippen molar-refractivity contribution in [2.45, 2.75) is 18.7 Å². The minimum Gasteiger partial charge on any atom is -0.497 e. The summed E-state index contributed by atoms with van der Waals surface area (Å²) in [5, 5.41) is 2.64. The van der Waals surface area contributed by atoms with E-state index in [2.05, 4.69) is 10.0 Å². The lowest BCUT2D eigenvalue weighted by Gasteiger charge is -2.10. The Labute approximate surface area is 147 Å². The molecule has 0 bridgehead atoms. The first-order valence-electron chi connectivity index (χ1n) is 7.53. The molecule has 0 fully saturated rings. The highest BCUT2D eigenvalue weighted by Crippen LogP contribution is 2.21. The Morgan fingerprint density at radius 3 is 2.32 bits per heavy atom. The molecule has 132 valence electrons. The molecule has 25 heavy (non-hydrogen) atoms. The molecule has 7 heteroatoms. The molecule has 0 heterocycles. The first-order valence-corrected chi connectivity index (χ1v) is 9.01. The first-order chi connectivity index (χ1) is 11.8. The van der Waals surface area contributed by atoms with Gasteiger partial charge in [-0.1, -0.05) is 11.6 Å². The number of allylic oxidation sites excluding steroid dienone is 1. The number of carbonyl (C=O) groups excluding carboxylic acids is 1. The Hall–Kier alpha value is -2.80. The number of methoxy groups -OCH3 is 1. The van der Waals surface area contributed by atoms with E-state index in [1.165, 1.54) is 25.3 Å². The van der Waals surface area contributed by atoms with Crippen molar-refractivity contribution in [2.24, 2.45) is 0 Å². The molecule has 2 aromatic carbocycles. The smallest absolute Gasteiger partial charge is 0.261 e. The summed E-state index contributed by atoms with van der Waals surface area (Å²) in [5.74, 6) is 0.324. The van der Waals surface area contributed by atoms with Gasteiger partial charge in [0.1, 0.15) is 5.75 Å². The van der Waals surface area contributed by atoms with Gasteiger partial charge in [0.2, 0.25) is 5.91 Å². The van der Waals surface area contributed by atoms with Gasteiger partial charge in [0.15, 0.2) is 0 Å². The maximum atomic E-state index is 12.5. The number of anilines is 2. The van der Waals surface area contributed by atoms with Gasteiger partial charge >= 0.3 is 0 Å². The number of benzene rings is 2. The van der Waals surface area contributed by atoms with Crippen LogP contribution in [-0.2, 0) is 14.8 Å². The molecule has 2 aromatic rings. The number of carbonyl (C=O) groups is 1. The van der Waals surface area contributed by atoms with Crippen molar-refractivity contribution in [3.05, 3.63) is 60.2 Å². The lowest BCUT2D eigenvalue weighted by molar-refractivity contribution is -0.111. The molecule has 2 rings (SSSR count). The van der Waals surface area contributed by atoms with Crippen molar-refractivity contribution >= 4 is 27.3 Å². The Balaban J connectivity index is 2.19. The number of ether oxygens (including phenoxy) is 1. The predicted molar refractivity (Wildman–Crippen MR) is 98.3 cm³/mol. The Morgan fingerprint density at radius 1 is 1.04 bits per heavy atom. The number of hydrogen-bond donors (Lipinski definition) is 2. The van der Waals surface area contributed by atoms with Crippen LogP contribution in [0.15, 0.2) is 65.1 Å². The molecule has 0 spiro atoms.